The zero-order chi connectivity index (χ0) is 20.2. The van der Waals surface area contributed by atoms with E-state index in [0.717, 1.165) is 11.3 Å². The van der Waals surface area contributed by atoms with Crippen LogP contribution >= 0.6 is 0 Å². The summed E-state index contributed by atoms with van der Waals surface area (Å²) in [5.41, 5.74) is 2.89. The van der Waals surface area contributed by atoms with Gasteiger partial charge in [0.15, 0.2) is 0 Å². The van der Waals surface area contributed by atoms with Crippen LogP contribution in [0.1, 0.15) is 10.4 Å². The molecule has 1 aliphatic rings. The quantitative estimate of drug-likeness (QED) is 0.717. The number of aromatic amines is 1. The summed E-state index contributed by atoms with van der Waals surface area (Å²) in [6, 6.07) is 14.8. The first-order valence-electron chi connectivity index (χ1n) is 9.31. The molecule has 2 heterocycles. The van der Waals surface area contributed by atoms with Crippen molar-refractivity contribution in [2.45, 2.75) is 0 Å². The number of carbonyl (C=O) groups excluding carboxylic acids is 2. The van der Waals surface area contributed by atoms with Gasteiger partial charge in [0, 0.05) is 43.6 Å². The Morgan fingerprint density at radius 2 is 1.69 bits per heavy atom. The van der Waals surface area contributed by atoms with E-state index in [1.54, 1.807) is 22.1 Å². The van der Waals surface area contributed by atoms with Gasteiger partial charge in [0.2, 0.25) is 0 Å². The van der Waals surface area contributed by atoms with Crippen molar-refractivity contribution in [3.8, 4) is 11.3 Å². The average Bonchev–Trinajstić information content (AvgIpc) is 3.29. The van der Waals surface area contributed by atoms with Crippen LogP contribution in [0, 0.1) is 5.82 Å². The highest BCUT2D eigenvalue weighted by atomic mass is 19.1. The molecule has 0 atom stereocenters. The molecule has 0 bridgehead atoms. The Hall–Kier alpha value is -3.68. The smallest absolute Gasteiger partial charge is 0.321 e. The molecule has 148 valence electrons. The number of hydrogen-bond donors (Lipinski definition) is 2. The molecule has 4 rings (SSSR count). The summed E-state index contributed by atoms with van der Waals surface area (Å²) < 4.78 is 13.3. The molecule has 0 aliphatic carbocycles. The number of anilines is 1. The fourth-order valence-corrected chi connectivity index (χ4v) is 3.27. The maximum atomic E-state index is 13.3. The first kappa shape index (κ1) is 18.7. The third-order valence-corrected chi connectivity index (χ3v) is 4.87. The van der Waals surface area contributed by atoms with Crippen LogP contribution < -0.4 is 5.32 Å². The second-order valence-corrected chi connectivity index (χ2v) is 6.77. The summed E-state index contributed by atoms with van der Waals surface area (Å²) in [7, 11) is 0. The van der Waals surface area contributed by atoms with Gasteiger partial charge in [-0.05, 0) is 42.0 Å². The highest BCUT2D eigenvalue weighted by Crippen LogP contribution is 2.19. The van der Waals surface area contributed by atoms with Crippen molar-refractivity contribution >= 4 is 17.6 Å². The Labute approximate surface area is 167 Å². The molecular weight excluding hydrogens is 373 g/mol. The third kappa shape index (κ3) is 4.26. The van der Waals surface area contributed by atoms with Gasteiger partial charge in [0.1, 0.15) is 5.82 Å². The maximum Gasteiger partial charge on any atom is 0.321 e. The molecule has 0 spiro atoms. The van der Waals surface area contributed by atoms with Gasteiger partial charge in [0.05, 0.1) is 5.69 Å². The van der Waals surface area contributed by atoms with Crippen molar-refractivity contribution < 1.29 is 14.0 Å². The van der Waals surface area contributed by atoms with Crippen LogP contribution in [0.2, 0.25) is 0 Å². The van der Waals surface area contributed by atoms with Crippen LogP contribution in [-0.2, 0) is 0 Å². The molecule has 2 N–H and O–H groups in total. The van der Waals surface area contributed by atoms with E-state index in [9.17, 15) is 14.0 Å². The molecule has 1 aromatic heterocycles. The SMILES string of the molecule is O=C(Nc1ccc(-c2ccn[nH]2)cc1)N1CCN(C(=O)c2cccc(F)c2)CC1. The van der Waals surface area contributed by atoms with E-state index in [-0.39, 0.29) is 11.9 Å². The normalized spacial score (nSPS) is 14.0. The molecule has 1 saturated heterocycles. The van der Waals surface area contributed by atoms with Gasteiger partial charge in [-0.1, -0.05) is 18.2 Å². The first-order chi connectivity index (χ1) is 14.1. The van der Waals surface area contributed by atoms with E-state index in [2.05, 4.69) is 15.5 Å². The van der Waals surface area contributed by atoms with E-state index in [1.165, 1.54) is 18.2 Å². The van der Waals surface area contributed by atoms with Crippen molar-refractivity contribution in [1.82, 2.24) is 20.0 Å². The van der Waals surface area contributed by atoms with Crippen molar-refractivity contribution in [1.29, 1.82) is 0 Å². The monoisotopic (exact) mass is 393 g/mol. The minimum atomic E-state index is -0.438. The van der Waals surface area contributed by atoms with E-state index < -0.39 is 5.82 Å². The summed E-state index contributed by atoms with van der Waals surface area (Å²) in [5, 5.41) is 9.70. The Kier molecular flexibility index (Phi) is 5.24. The number of amides is 3. The molecule has 7 nitrogen and oxygen atoms in total. The van der Waals surface area contributed by atoms with E-state index in [0.29, 0.717) is 37.4 Å². The van der Waals surface area contributed by atoms with Crippen LogP contribution in [-0.4, -0.2) is 58.1 Å². The Morgan fingerprint density at radius 3 is 2.34 bits per heavy atom. The highest BCUT2D eigenvalue weighted by Gasteiger charge is 2.25. The van der Waals surface area contributed by atoms with E-state index >= 15 is 0 Å². The minimum Gasteiger partial charge on any atom is -0.335 e. The van der Waals surface area contributed by atoms with Crippen LogP contribution in [0.15, 0.2) is 60.8 Å². The largest absolute Gasteiger partial charge is 0.335 e. The second-order valence-electron chi connectivity index (χ2n) is 6.77. The standard InChI is InChI=1S/C21H20FN5O2/c22-17-3-1-2-16(14-17)20(28)26-10-12-27(13-11-26)21(29)24-18-6-4-15(5-7-18)19-8-9-23-25-19/h1-9,14H,10-13H2,(H,23,25)(H,24,29). The lowest BCUT2D eigenvalue weighted by atomic mass is 10.1. The second kappa shape index (κ2) is 8.14. The lowest BCUT2D eigenvalue weighted by Crippen LogP contribution is -2.51. The zero-order valence-corrected chi connectivity index (χ0v) is 15.6. The van der Waals surface area contributed by atoms with Gasteiger partial charge >= 0.3 is 6.03 Å². The zero-order valence-electron chi connectivity index (χ0n) is 15.6. The lowest BCUT2D eigenvalue weighted by Gasteiger charge is -2.34. The van der Waals surface area contributed by atoms with Crippen LogP contribution in [0.3, 0.4) is 0 Å². The molecular formula is C21H20FN5O2. The molecule has 3 amide bonds. The highest BCUT2D eigenvalue weighted by molar-refractivity contribution is 5.94. The van der Waals surface area contributed by atoms with Gasteiger partial charge in [-0.25, -0.2) is 9.18 Å². The van der Waals surface area contributed by atoms with Crippen molar-refractivity contribution in [2.24, 2.45) is 0 Å². The summed E-state index contributed by atoms with van der Waals surface area (Å²) in [6.07, 6.45) is 1.68. The number of carbonyl (C=O) groups is 2. The fraction of sp³-hybridized carbons (Fsp3) is 0.190. The number of benzene rings is 2. The summed E-state index contributed by atoms with van der Waals surface area (Å²) in [4.78, 5) is 28.3. The van der Waals surface area contributed by atoms with Crippen LogP contribution in [0.25, 0.3) is 11.3 Å². The van der Waals surface area contributed by atoms with Gasteiger partial charge in [0.25, 0.3) is 5.91 Å². The van der Waals surface area contributed by atoms with E-state index in [1.807, 2.05) is 30.3 Å². The van der Waals surface area contributed by atoms with Gasteiger partial charge in [-0.15, -0.1) is 0 Å². The van der Waals surface area contributed by atoms with Gasteiger partial charge in [-0.2, -0.15) is 5.10 Å². The molecule has 1 fully saturated rings. The molecule has 0 radical (unpaired) electrons. The number of nitrogens with one attached hydrogen (secondary N) is 2. The topological polar surface area (TPSA) is 81.3 Å². The number of halogens is 1. The Bertz CT molecular complexity index is 996. The summed E-state index contributed by atoms with van der Waals surface area (Å²) in [5.74, 6) is -0.661. The predicted octanol–water partition coefficient (Wildman–Crippen LogP) is 3.21. The lowest BCUT2D eigenvalue weighted by molar-refractivity contribution is 0.0671. The van der Waals surface area contributed by atoms with E-state index in [4.69, 9.17) is 0 Å². The molecule has 29 heavy (non-hydrogen) atoms. The molecule has 1 aliphatic heterocycles. The summed E-state index contributed by atoms with van der Waals surface area (Å²) in [6.45, 7) is 1.64. The number of hydrogen-bond acceptors (Lipinski definition) is 3. The molecule has 3 aromatic rings. The molecule has 2 aromatic carbocycles. The van der Waals surface area contributed by atoms with Crippen LogP contribution in [0.5, 0.6) is 0 Å². The average molecular weight is 393 g/mol. The Balaban J connectivity index is 1.31. The number of H-pyrrole nitrogens is 1. The van der Waals surface area contributed by atoms with Crippen molar-refractivity contribution in [3.63, 3.8) is 0 Å². The number of urea groups is 1. The van der Waals surface area contributed by atoms with Gasteiger partial charge in [-0.3, -0.25) is 9.89 Å². The maximum absolute atomic E-state index is 13.3. The third-order valence-electron chi connectivity index (χ3n) is 4.87. The number of rotatable bonds is 3. The first-order valence-corrected chi connectivity index (χ1v) is 9.31. The predicted molar refractivity (Wildman–Crippen MR) is 107 cm³/mol. The fourth-order valence-electron chi connectivity index (χ4n) is 3.27. The number of nitrogens with zero attached hydrogens (tertiary/aromatic N) is 3. The van der Waals surface area contributed by atoms with Gasteiger partial charge < -0.3 is 15.1 Å². The van der Waals surface area contributed by atoms with Crippen molar-refractivity contribution in [3.05, 3.63) is 72.2 Å². The molecule has 0 saturated carbocycles. The summed E-state index contributed by atoms with van der Waals surface area (Å²) >= 11 is 0. The number of aromatic nitrogens is 2. The van der Waals surface area contributed by atoms with Crippen molar-refractivity contribution in [2.75, 3.05) is 31.5 Å². The Morgan fingerprint density at radius 1 is 0.966 bits per heavy atom. The number of piperazine rings is 1. The molecule has 0 unspecified atom stereocenters. The minimum absolute atomic E-state index is 0.211. The van der Waals surface area contributed by atoms with Crippen LogP contribution in [0.4, 0.5) is 14.9 Å². The molecule has 8 heteroatoms.